The summed E-state index contributed by atoms with van der Waals surface area (Å²) >= 11 is 3.27. The van der Waals surface area contributed by atoms with Gasteiger partial charge in [0.15, 0.2) is 4.34 Å². The molecule has 0 N–H and O–H groups in total. The number of benzene rings is 1. The van der Waals surface area contributed by atoms with Gasteiger partial charge in [-0.05, 0) is 26.0 Å². The van der Waals surface area contributed by atoms with Crippen molar-refractivity contribution >= 4 is 39.8 Å². The smallest absolute Gasteiger partial charge is 0.262 e. The van der Waals surface area contributed by atoms with Crippen molar-refractivity contribution in [3.63, 3.8) is 0 Å². The van der Waals surface area contributed by atoms with Gasteiger partial charge in [0.1, 0.15) is 5.82 Å². The van der Waals surface area contributed by atoms with E-state index >= 15 is 0 Å². The van der Waals surface area contributed by atoms with Crippen LogP contribution in [0.25, 0.3) is 16.7 Å². The number of rotatable bonds is 4. The number of nitrogens with zero attached hydrogens (tertiary/aromatic N) is 5. The van der Waals surface area contributed by atoms with E-state index < -0.39 is 0 Å². The molecule has 24 heavy (non-hydrogen) atoms. The summed E-state index contributed by atoms with van der Waals surface area (Å²) in [6.07, 6.45) is 0. The fraction of sp³-hybridized carbons (Fsp3) is 0.250. The molecule has 0 saturated carbocycles. The standard InChI is InChI=1S/C16H15N5OS2/c1-3-20-14(22)11-6-4-5-7-12(11)21-13(18-19-15(20)21)9-24-16-17-10(2)8-23-16/h4-8H,3,9H2,1-2H3. The minimum atomic E-state index is -0.0252. The minimum Gasteiger partial charge on any atom is -0.277 e. The highest BCUT2D eigenvalue weighted by atomic mass is 32.2. The highest BCUT2D eigenvalue weighted by molar-refractivity contribution is 8.00. The van der Waals surface area contributed by atoms with Gasteiger partial charge in [0.2, 0.25) is 5.78 Å². The fourth-order valence-corrected chi connectivity index (χ4v) is 4.48. The van der Waals surface area contributed by atoms with Gasteiger partial charge in [-0.2, -0.15) is 0 Å². The monoisotopic (exact) mass is 357 g/mol. The Kier molecular flexibility index (Phi) is 3.85. The molecule has 0 atom stereocenters. The Morgan fingerprint density at radius 1 is 1.25 bits per heavy atom. The van der Waals surface area contributed by atoms with Crippen molar-refractivity contribution in [1.82, 2.24) is 24.1 Å². The van der Waals surface area contributed by atoms with Crippen molar-refractivity contribution in [2.75, 3.05) is 0 Å². The lowest BCUT2D eigenvalue weighted by atomic mass is 10.2. The molecule has 0 aliphatic heterocycles. The van der Waals surface area contributed by atoms with Gasteiger partial charge in [0.05, 0.1) is 16.7 Å². The van der Waals surface area contributed by atoms with Gasteiger partial charge in [0.25, 0.3) is 5.56 Å². The van der Waals surface area contributed by atoms with Crippen molar-refractivity contribution in [2.24, 2.45) is 0 Å². The van der Waals surface area contributed by atoms with Crippen LogP contribution < -0.4 is 5.56 Å². The Morgan fingerprint density at radius 2 is 2.08 bits per heavy atom. The number of hydrogen-bond acceptors (Lipinski definition) is 6. The second-order valence-corrected chi connectivity index (χ2v) is 7.44. The number of thioether (sulfide) groups is 1. The lowest BCUT2D eigenvalue weighted by Gasteiger charge is -2.09. The summed E-state index contributed by atoms with van der Waals surface area (Å²) in [7, 11) is 0. The number of para-hydroxylation sites is 1. The van der Waals surface area contributed by atoms with Gasteiger partial charge in [-0.25, -0.2) is 4.98 Å². The third kappa shape index (κ3) is 2.42. The highest BCUT2D eigenvalue weighted by Gasteiger charge is 2.16. The Hall–Kier alpha value is -2.19. The normalized spacial score (nSPS) is 11.6. The fourth-order valence-electron chi connectivity index (χ4n) is 2.72. The molecule has 0 amide bonds. The van der Waals surface area contributed by atoms with Gasteiger partial charge < -0.3 is 0 Å². The first-order valence-electron chi connectivity index (χ1n) is 7.59. The first-order valence-corrected chi connectivity index (χ1v) is 9.46. The maximum Gasteiger partial charge on any atom is 0.262 e. The Labute approximate surface area is 146 Å². The second-order valence-electron chi connectivity index (χ2n) is 5.36. The first-order chi connectivity index (χ1) is 11.7. The van der Waals surface area contributed by atoms with Crippen LogP contribution in [-0.4, -0.2) is 24.1 Å². The van der Waals surface area contributed by atoms with E-state index in [9.17, 15) is 4.79 Å². The van der Waals surface area contributed by atoms with Crippen molar-refractivity contribution in [3.8, 4) is 0 Å². The van der Waals surface area contributed by atoms with E-state index in [2.05, 4.69) is 15.2 Å². The van der Waals surface area contributed by atoms with Gasteiger partial charge >= 0.3 is 0 Å². The molecular formula is C16H15N5OS2. The van der Waals surface area contributed by atoms with E-state index in [0.717, 1.165) is 21.4 Å². The number of aromatic nitrogens is 5. The molecule has 3 aromatic heterocycles. The van der Waals surface area contributed by atoms with E-state index in [1.807, 2.05) is 47.9 Å². The number of aryl methyl sites for hydroxylation is 2. The van der Waals surface area contributed by atoms with Crippen LogP contribution >= 0.6 is 23.1 Å². The molecule has 0 radical (unpaired) electrons. The molecule has 3 heterocycles. The van der Waals surface area contributed by atoms with Crippen LogP contribution in [0, 0.1) is 6.92 Å². The van der Waals surface area contributed by atoms with E-state index in [1.165, 1.54) is 0 Å². The molecule has 0 saturated heterocycles. The van der Waals surface area contributed by atoms with Crippen LogP contribution in [0.3, 0.4) is 0 Å². The molecule has 0 unspecified atom stereocenters. The summed E-state index contributed by atoms with van der Waals surface area (Å²) < 4.78 is 4.66. The van der Waals surface area contributed by atoms with Gasteiger partial charge in [-0.3, -0.25) is 13.8 Å². The molecule has 4 aromatic rings. The number of hydrogen-bond donors (Lipinski definition) is 0. The first kappa shape index (κ1) is 15.3. The molecule has 0 aliphatic carbocycles. The molecule has 6 nitrogen and oxygen atoms in total. The molecular weight excluding hydrogens is 342 g/mol. The lowest BCUT2D eigenvalue weighted by molar-refractivity contribution is 0.735. The van der Waals surface area contributed by atoms with Gasteiger partial charge in [-0.1, -0.05) is 23.9 Å². The molecule has 8 heteroatoms. The maximum absolute atomic E-state index is 12.6. The molecule has 0 fully saturated rings. The van der Waals surface area contributed by atoms with E-state index in [4.69, 9.17) is 0 Å². The average molecular weight is 357 g/mol. The van der Waals surface area contributed by atoms with E-state index in [-0.39, 0.29) is 5.56 Å². The van der Waals surface area contributed by atoms with Crippen LogP contribution in [0.2, 0.25) is 0 Å². The van der Waals surface area contributed by atoms with Crippen LogP contribution in [0.5, 0.6) is 0 Å². The van der Waals surface area contributed by atoms with Crippen molar-refractivity contribution < 1.29 is 0 Å². The Morgan fingerprint density at radius 3 is 2.83 bits per heavy atom. The van der Waals surface area contributed by atoms with Crippen molar-refractivity contribution in [2.45, 2.75) is 30.5 Å². The maximum atomic E-state index is 12.6. The van der Waals surface area contributed by atoms with Crippen molar-refractivity contribution in [3.05, 3.63) is 51.5 Å². The zero-order valence-corrected chi connectivity index (χ0v) is 14.9. The third-order valence-electron chi connectivity index (χ3n) is 3.81. The zero-order chi connectivity index (χ0) is 16.7. The zero-order valence-electron chi connectivity index (χ0n) is 13.3. The van der Waals surface area contributed by atoms with Crippen LogP contribution in [0.15, 0.2) is 38.8 Å². The minimum absolute atomic E-state index is 0.0252. The summed E-state index contributed by atoms with van der Waals surface area (Å²) in [6.45, 7) is 4.49. The summed E-state index contributed by atoms with van der Waals surface area (Å²) in [6, 6.07) is 7.60. The van der Waals surface area contributed by atoms with E-state index in [0.29, 0.717) is 23.5 Å². The summed E-state index contributed by atoms with van der Waals surface area (Å²) in [4.78, 5) is 17.1. The van der Waals surface area contributed by atoms with Gasteiger partial charge in [0, 0.05) is 17.6 Å². The summed E-state index contributed by atoms with van der Waals surface area (Å²) in [5.74, 6) is 2.06. The molecule has 4 rings (SSSR count). The number of thiazole rings is 1. The topological polar surface area (TPSA) is 65.1 Å². The van der Waals surface area contributed by atoms with Crippen LogP contribution in [0.4, 0.5) is 0 Å². The van der Waals surface area contributed by atoms with Gasteiger partial charge in [-0.15, -0.1) is 21.5 Å². The highest BCUT2D eigenvalue weighted by Crippen LogP contribution is 2.26. The molecule has 0 spiro atoms. The van der Waals surface area contributed by atoms with Crippen molar-refractivity contribution in [1.29, 1.82) is 0 Å². The Bertz CT molecular complexity index is 1090. The molecule has 1 aromatic carbocycles. The molecule has 122 valence electrons. The predicted molar refractivity (Wildman–Crippen MR) is 96.8 cm³/mol. The second kappa shape index (κ2) is 6.03. The largest absolute Gasteiger partial charge is 0.277 e. The summed E-state index contributed by atoms with van der Waals surface area (Å²) in [5.41, 5.74) is 1.85. The summed E-state index contributed by atoms with van der Waals surface area (Å²) in [5, 5.41) is 11.3. The SMILES string of the molecule is CCn1c(=O)c2ccccc2n2c(CSc3nc(C)cs3)nnc12. The average Bonchev–Trinajstić information content (AvgIpc) is 3.20. The molecule has 0 bridgehead atoms. The predicted octanol–water partition coefficient (Wildman–Crippen LogP) is 3.12. The van der Waals surface area contributed by atoms with Crippen LogP contribution in [-0.2, 0) is 12.3 Å². The Balaban J connectivity index is 1.88. The van der Waals surface area contributed by atoms with Crippen LogP contribution in [0.1, 0.15) is 18.4 Å². The molecule has 0 aliphatic rings. The van der Waals surface area contributed by atoms with E-state index in [1.54, 1.807) is 27.7 Å². The quantitative estimate of drug-likeness (QED) is 0.525. The third-order valence-corrected chi connectivity index (χ3v) is 5.95. The number of fused-ring (bicyclic) bond motifs is 3. The lowest BCUT2D eigenvalue weighted by Crippen LogP contribution is -2.22.